The standard InChI is InChI=1S/C21H17F3N2OS/c22-21(23,24)16-7-4-14(5-8-16)20-26-18(12-28-20)11-19(27)25-17-9-6-13-2-1-3-15(13)10-17/h4-10,12H,1-3,11H2,(H,25,27). The van der Waals surface area contributed by atoms with Gasteiger partial charge in [-0.3, -0.25) is 4.79 Å². The second kappa shape index (κ2) is 7.39. The molecule has 0 bridgehead atoms. The largest absolute Gasteiger partial charge is 0.416 e. The van der Waals surface area contributed by atoms with Crippen molar-refractivity contribution in [2.75, 3.05) is 5.32 Å². The molecule has 1 heterocycles. The third-order valence-corrected chi connectivity index (χ3v) is 5.68. The monoisotopic (exact) mass is 402 g/mol. The first-order valence-electron chi connectivity index (χ1n) is 8.92. The number of alkyl halides is 3. The van der Waals surface area contributed by atoms with Crippen LogP contribution < -0.4 is 5.32 Å². The number of thiazole rings is 1. The van der Waals surface area contributed by atoms with Crippen molar-refractivity contribution in [2.45, 2.75) is 31.9 Å². The van der Waals surface area contributed by atoms with Crippen molar-refractivity contribution in [1.29, 1.82) is 0 Å². The van der Waals surface area contributed by atoms with E-state index < -0.39 is 11.7 Å². The molecule has 0 saturated heterocycles. The van der Waals surface area contributed by atoms with Crippen LogP contribution >= 0.6 is 11.3 Å². The van der Waals surface area contributed by atoms with Gasteiger partial charge in [0, 0.05) is 16.6 Å². The Hall–Kier alpha value is -2.67. The lowest BCUT2D eigenvalue weighted by Crippen LogP contribution is -2.14. The highest BCUT2D eigenvalue weighted by Crippen LogP contribution is 2.32. The summed E-state index contributed by atoms with van der Waals surface area (Å²) in [5.41, 5.74) is 3.92. The molecule has 144 valence electrons. The van der Waals surface area contributed by atoms with Gasteiger partial charge in [-0.15, -0.1) is 11.3 Å². The molecule has 0 unspecified atom stereocenters. The molecular formula is C21H17F3N2OS. The number of amides is 1. The zero-order valence-corrected chi connectivity index (χ0v) is 15.7. The Labute approximate surface area is 164 Å². The summed E-state index contributed by atoms with van der Waals surface area (Å²) in [4.78, 5) is 16.7. The molecule has 3 nitrogen and oxygen atoms in total. The molecule has 2 aromatic carbocycles. The second-order valence-electron chi connectivity index (χ2n) is 6.78. The first kappa shape index (κ1) is 18.7. The Bertz CT molecular complexity index is 1010. The first-order chi connectivity index (χ1) is 13.4. The van der Waals surface area contributed by atoms with E-state index in [0.717, 1.165) is 37.1 Å². The number of rotatable bonds is 4. The number of anilines is 1. The molecule has 1 N–H and O–H groups in total. The van der Waals surface area contributed by atoms with Crippen LogP contribution in [0.3, 0.4) is 0 Å². The van der Waals surface area contributed by atoms with Crippen molar-refractivity contribution in [3.05, 3.63) is 70.2 Å². The third kappa shape index (κ3) is 4.09. The van der Waals surface area contributed by atoms with Crippen molar-refractivity contribution >= 4 is 22.9 Å². The molecule has 0 aliphatic heterocycles. The predicted molar refractivity (Wildman–Crippen MR) is 103 cm³/mol. The number of nitrogens with zero attached hydrogens (tertiary/aromatic N) is 1. The number of carbonyl (C=O) groups is 1. The van der Waals surface area contributed by atoms with E-state index in [2.05, 4.69) is 16.4 Å². The van der Waals surface area contributed by atoms with Crippen LogP contribution in [0.25, 0.3) is 10.6 Å². The molecule has 1 aromatic heterocycles. The van der Waals surface area contributed by atoms with Crippen LogP contribution in [0.1, 0.15) is 28.8 Å². The van der Waals surface area contributed by atoms with Gasteiger partial charge in [0.25, 0.3) is 0 Å². The predicted octanol–water partition coefficient (Wildman–Crippen LogP) is 5.50. The lowest BCUT2D eigenvalue weighted by molar-refractivity contribution is -0.137. The number of halogens is 3. The molecule has 0 radical (unpaired) electrons. The van der Waals surface area contributed by atoms with Gasteiger partial charge in [0.05, 0.1) is 17.7 Å². The lowest BCUT2D eigenvalue weighted by Gasteiger charge is -2.07. The first-order valence-corrected chi connectivity index (χ1v) is 9.80. The molecule has 7 heteroatoms. The van der Waals surface area contributed by atoms with E-state index in [4.69, 9.17) is 0 Å². The number of carbonyl (C=O) groups excluding carboxylic acids is 1. The number of aryl methyl sites for hydroxylation is 2. The Morgan fingerprint density at radius 1 is 1.07 bits per heavy atom. The summed E-state index contributed by atoms with van der Waals surface area (Å²) in [5, 5.41) is 5.24. The van der Waals surface area contributed by atoms with Crippen LogP contribution in [0.5, 0.6) is 0 Å². The van der Waals surface area contributed by atoms with Gasteiger partial charge >= 0.3 is 6.18 Å². The summed E-state index contributed by atoms with van der Waals surface area (Å²) in [6, 6.07) is 10.9. The maximum absolute atomic E-state index is 12.7. The topological polar surface area (TPSA) is 42.0 Å². The highest BCUT2D eigenvalue weighted by molar-refractivity contribution is 7.13. The molecule has 3 aromatic rings. The second-order valence-corrected chi connectivity index (χ2v) is 7.64. The van der Waals surface area contributed by atoms with Crippen molar-refractivity contribution in [2.24, 2.45) is 0 Å². The van der Waals surface area contributed by atoms with Gasteiger partial charge in [0.1, 0.15) is 5.01 Å². The Balaban J connectivity index is 1.41. The molecule has 0 saturated carbocycles. The quantitative estimate of drug-likeness (QED) is 0.626. The SMILES string of the molecule is O=C(Cc1csc(-c2ccc(C(F)(F)F)cc2)n1)Nc1ccc2c(c1)CCC2. The molecule has 0 spiro atoms. The fourth-order valence-electron chi connectivity index (χ4n) is 3.34. The van der Waals surface area contributed by atoms with Gasteiger partial charge in [-0.2, -0.15) is 13.2 Å². The molecular weight excluding hydrogens is 385 g/mol. The van der Waals surface area contributed by atoms with E-state index in [0.29, 0.717) is 16.3 Å². The summed E-state index contributed by atoms with van der Waals surface area (Å²) in [6.07, 6.45) is -0.953. The van der Waals surface area contributed by atoms with Crippen LogP contribution in [0.2, 0.25) is 0 Å². The fourth-order valence-corrected chi connectivity index (χ4v) is 4.17. The average Bonchev–Trinajstić information content (AvgIpc) is 3.30. The summed E-state index contributed by atoms with van der Waals surface area (Å²) in [7, 11) is 0. The highest BCUT2D eigenvalue weighted by atomic mass is 32.1. The number of hydrogen-bond acceptors (Lipinski definition) is 3. The smallest absolute Gasteiger partial charge is 0.326 e. The molecule has 0 fully saturated rings. The van der Waals surface area contributed by atoms with Crippen molar-refractivity contribution in [3.8, 4) is 10.6 Å². The van der Waals surface area contributed by atoms with Crippen molar-refractivity contribution in [1.82, 2.24) is 4.98 Å². The van der Waals surface area contributed by atoms with Gasteiger partial charge in [0.2, 0.25) is 5.91 Å². The van der Waals surface area contributed by atoms with E-state index in [1.54, 1.807) is 5.38 Å². The number of benzene rings is 2. The lowest BCUT2D eigenvalue weighted by atomic mass is 10.1. The van der Waals surface area contributed by atoms with Crippen LogP contribution in [0, 0.1) is 0 Å². The van der Waals surface area contributed by atoms with Crippen LogP contribution in [-0.4, -0.2) is 10.9 Å². The van der Waals surface area contributed by atoms with Gasteiger partial charge < -0.3 is 5.32 Å². The minimum atomic E-state index is -4.36. The number of fused-ring (bicyclic) bond motifs is 1. The molecule has 0 atom stereocenters. The average molecular weight is 402 g/mol. The molecule has 1 amide bonds. The summed E-state index contributed by atoms with van der Waals surface area (Å²) < 4.78 is 38.0. The summed E-state index contributed by atoms with van der Waals surface area (Å²) in [6.45, 7) is 0. The van der Waals surface area contributed by atoms with Crippen LogP contribution in [0.4, 0.5) is 18.9 Å². The highest BCUT2D eigenvalue weighted by Gasteiger charge is 2.30. The van der Waals surface area contributed by atoms with Crippen LogP contribution in [0.15, 0.2) is 47.8 Å². The van der Waals surface area contributed by atoms with Crippen LogP contribution in [-0.2, 0) is 30.2 Å². The Morgan fingerprint density at radius 2 is 1.82 bits per heavy atom. The number of aromatic nitrogens is 1. The maximum Gasteiger partial charge on any atom is 0.416 e. The van der Waals surface area contributed by atoms with E-state index >= 15 is 0 Å². The normalized spacial score (nSPS) is 13.4. The van der Waals surface area contributed by atoms with E-state index in [9.17, 15) is 18.0 Å². The minimum Gasteiger partial charge on any atom is -0.326 e. The van der Waals surface area contributed by atoms with Gasteiger partial charge in [-0.05, 0) is 54.7 Å². The Kier molecular flexibility index (Phi) is 4.93. The zero-order chi connectivity index (χ0) is 19.7. The van der Waals surface area contributed by atoms with Crippen molar-refractivity contribution in [3.63, 3.8) is 0 Å². The Morgan fingerprint density at radius 3 is 2.57 bits per heavy atom. The van der Waals surface area contributed by atoms with E-state index in [1.807, 2.05) is 12.1 Å². The minimum absolute atomic E-state index is 0.119. The molecule has 28 heavy (non-hydrogen) atoms. The summed E-state index contributed by atoms with van der Waals surface area (Å²) in [5.74, 6) is -0.165. The molecule has 1 aliphatic carbocycles. The van der Waals surface area contributed by atoms with E-state index in [1.165, 1.54) is 34.6 Å². The number of nitrogens with one attached hydrogen (secondary N) is 1. The number of hydrogen-bond donors (Lipinski definition) is 1. The van der Waals surface area contributed by atoms with Gasteiger partial charge in [-0.1, -0.05) is 18.2 Å². The van der Waals surface area contributed by atoms with Gasteiger partial charge in [0.15, 0.2) is 0 Å². The fraction of sp³-hybridized carbons (Fsp3) is 0.238. The molecule has 4 rings (SSSR count). The zero-order valence-electron chi connectivity index (χ0n) is 14.8. The van der Waals surface area contributed by atoms with E-state index in [-0.39, 0.29) is 12.3 Å². The van der Waals surface area contributed by atoms with Gasteiger partial charge in [-0.25, -0.2) is 4.98 Å². The third-order valence-electron chi connectivity index (χ3n) is 4.73. The maximum atomic E-state index is 12.7. The summed E-state index contributed by atoms with van der Waals surface area (Å²) >= 11 is 1.31. The van der Waals surface area contributed by atoms with Crippen molar-refractivity contribution < 1.29 is 18.0 Å². The molecule has 1 aliphatic rings.